The summed E-state index contributed by atoms with van der Waals surface area (Å²) in [7, 11) is 5.73. The number of hydrogen-bond donors (Lipinski definition) is 2. The van der Waals surface area contributed by atoms with Crippen molar-refractivity contribution < 1.29 is 4.52 Å². The minimum absolute atomic E-state index is 0.463. The summed E-state index contributed by atoms with van der Waals surface area (Å²) in [5, 5.41) is 13.7. The molecule has 2 aromatic heterocycles. The van der Waals surface area contributed by atoms with Gasteiger partial charge in [-0.15, -0.1) is 11.3 Å². The van der Waals surface area contributed by atoms with E-state index < -0.39 is 0 Å². The van der Waals surface area contributed by atoms with Crippen LogP contribution in [0.3, 0.4) is 0 Å². The fourth-order valence-corrected chi connectivity index (χ4v) is 3.22. The highest BCUT2D eigenvalue weighted by Gasteiger charge is 2.13. The van der Waals surface area contributed by atoms with Gasteiger partial charge in [0, 0.05) is 38.5 Å². The molecule has 8 heteroatoms. The number of hydrogen-bond acceptors (Lipinski definition) is 6. The molecular weight excluding hydrogens is 336 g/mol. The second-order valence-electron chi connectivity index (χ2n) is 6.03. The lowest BCUT2D eigenvalue weighted by Crippen LogP contribution is -2.36. The Morgan fingerprint density at radius 1 is 1.28 bits per heavy atom. The van der Waals surface area contributed by atoms with Gasteiger partial charge in [-0.3, -0.25) is 4.99 Å². The van der Waals surface area contributed by atoms with Gasteiger partial charge in [0.05, 0.1) is 24.5 Å². The van der Waals surface area contributed by atoms with Crippen LogP contribution in [0.25, 0.3) is 0 Å². The molecule has 0 saturated carbocycles. The van der Waals surface area contributed by atoms with Gasteiger partial charge in [0.1, 0.15) is 0 Å². The van der Waals surface area contributed by atoms with Gasteiger partial charge >= 0.3 is 0 Å². The number of anilines is 1. The Balaban J connectivity index is 1.84. The Hall–Kier alpha value is -2.09. The average Bonchev–Trinajstić information content (AvgIpc) is 3.26. The molecule has 0 bridgehead atoms. The predicted molar refractivity (Wildman–Crippen MR) is 103 cm³/mol. The molecule has 0 unspecified atom stereocenters. The summed E-state index contributed by atoms with van der Waals surface area (Å²) < 4.78 is 5.43. The highest BCUT2D eigenvalue weighted by Crippen LogP contribution is 2.22. The summed E-state index contributed by atoms with van der Waals surface area (Å²) >= 11 is 1.63. The normalized spacial score (nSPS) is 11.8. The first-order valence-electron chi connectivity index (χ1n) is 8.59. The molecule has 138 valence electrons. The third-order valence-corrected chi connectivity index (χ3v) is 5.05. The average molecular weight is 365 g/mol. The van der Waals surface area contributed by atoms with Crippen molar-refractivity contribution in [3.63, 3.8) is 0 Å². The predicted octanol–water partition coefficient (Wildman–Crippen LogP) is 2.97. The molecule has 0 atom stereocenters. The molecule has 0 radical (unpaired) electrons. The van der Waals surface area contributed by atoms with E-state index in [4.69, 9.17) is 4.52 Å². The molecule has 25 heavy (non-hydrogen) atoms. The fraction of sp³-hybridized carbons (Fsp3) is 0.588. The fourth-order valence-electron chi connectivity index (χ4n) is 2.46. The molecule has 0 aliphatic heterocycles. The molecule has 7 nitrogen and oxygen atoms in total. The molecule has 0 fully saturated rings. The van der Waals surface area contributed by atoms with Crippen LogP contribution in [-0.2, 0) is 13.1 Å². The largest absolute Gasteiger partial charge is 0.359 e. The summed E-state index contributed by atoms with van der Waals surface area (Å²) in [6.45, 7) is 5.52. The van der Waals surface area contributed by atoms with Crippen LogP contribution in [0, 0.1) is 0 Å². The van der Waals surface area contributed by atoms with E-state index >= 15 is 0 Å². The number of aromatic nitrogens is 2. The minimum Gasteiger partial charge on any atom is -0.359 e. The van der Waals surface area contributed by atoms with Gasteiger partial charge in [-0.2, -0.15) is 0 Å². The first-order chi connectivity index (χ1) is 12.1. The van der Waals surface area contributed by atoms with Crippen LogP contribution >= 0.6 is 11.3 Å². The molecule has 0 aromatic carbocycles. The van der Waals surface area contributed by atoms with Crippen LogP contribution in [0.5, 0.6) is 0 Å². The first-order valence-corrected chi connectivity index (χ1v) is 9.47. The van der Waals surface area contributed by atoms with Crippen molar-refractivity contribution in [2.24, 2.45) is 4.99 Å². The lowest BCUT2D eigenvalue weighted by atomic mass is 9.99. The van der Waals surface area contributed by atoms with Gasteiger partial charge in [-0.05, 0) is 12.8 Å². The number of aliphatic imine (C=N–C) groups is 1. The van der Waals surface area contributed by atoms with Crippen LogP contribution in [0.15, 0.2) is 21.0 Å². The highest BCUT2D eigenvalue weighted by atomic mass is 32.1. The van der Waals surface area contributed by atoms with Crippen molar-refractivity contribution in [3.8, 4) is 0 Å². The Morgan fingerprint density at radius 3 is 2.60 bits per heavy atom. The van der Waals surface area contributed by atoms with Crippen LogP contribution < -0.4 is 15.5 Å². The quantitative estimate of drug-likeness (QED) is 0.554. The molecule has 0 saturated heterocycles. The van der Waals surface area contributed by atoms with Crippen molar-refractivity contribution in [1.29, 1.82) is 0 Å². The molecule has 0 aliphatic carbocycles. The van der Waals surface area contributed by atoms with Crippen LogP contribution in [0.1, 0.15) is 49.8 Å². The monoisotopic (exact) mass is 364 g/mol. The summed E-state index contributed by atoms with van der Waals surface area (Å²) in [6, 6.07) is 2.03. The van der Waals surface area contributed by atoms with Gasteiger partial charge in [0.15, 0.2) is 16.9 Å². The van der Waals surface area contributed by atoms with Crippen molar-refractivity contribution in [1.82, 2.24) is 20.8 Å². The maximum absolute atomic E-state index is 5.43. The van der Waals surface area contributed by atoms with E-state index in [1.54, 1.807) is 18.4 Å². The van der Waals surface area contributed by atoms with Gasteiger partial charge in [-0.25, -0.2) is 4.98 Å². The van der Waals surface area contributed by atoms with E-state index in [1.807, 2.05) is 30.4 Å². The molecular formula is C17H28N6OS. The van der Waals surface area contributed by atoms with Crippen molar-refractivity contribution in [2.45, 2.75) is 45.7 Å². The van der Waals surface area contributed by atoms with Crippen LogP contribution in [0.2, 0.25) is 0 Å². The molecule has 0 aliphatic rings. The molecule has 0 amide bonds. The number of guanidine groups is 1. The second-order valence-corrected chi connectivity index (χ2v) is 6.86. The lowest BCUT2D eigenvalue weighted by molar-refractivity contribution is 0.368. The summed E-state index contributed by atoms with van der Waals surface area (Å²) in [6.07, 6.45) is 2.14. The third-order valence-electron chi connectivity index (χ3n) is 3.99. The van der Waals surface area contributed by atoms with E-state index in [0.717, 1.165) is 35.1 Å². The third kappa shape index (κ3) is 5.45. The van der Waals surface area contributed by atoms with E-state index in [2.05, 4.69) is 39.6 Å². The number of nitrogens with one attached hydrogen (secondary N) is 2. The first kappa shape index (κ1) is 19.2. The lowest BCUT2D eigenvalue weighted by Gasteiger charge is -2.10. The topological polar surface area (TPSA) is 78.6 Å². The molecule has 2 heterocycles. The zero-order valence-electron chi connectivity index (χ0n) is 15.7. The van der Waals surface area contributed by atoms with Crippen molar-refractivity contribution >= 4 is 22.4 Å². The Kier molecular flexibility index (Phi) is 7.24. The minimum atomic E-state index is 0.463. The Labute approximate surface area is 153 Å². The zero-order valence-corrected chi connectivity index (χ0v) is 16.5. The standard InChI is InChI=1S/C17H28N6OS/c1-6-12(7-2)15-8-14(24-22-15)10-20-16(18-3)19-9-13-11-25-17(21-13)23(4)5/h8,11-12H,6-7,9-10H2,1-5H3,(H2,18,19,20). The highest BCUT2D eigenvalue weighted by molar-refractivity contribution is 7.13. The van der Waals surface area contributed by atoms with Crippen LogP contribution in [-0.4, -0.2) is 37.2 Å². The SMILES string of the molecule is CCC(CC)c1cc(CNC(=NC)NCc2csc(N(C)C)n2)on1. The number of thiazole rings is 1. The number of rotatable bonds is 8. The van der Waals surface area contributed by atoms with E-state index in [0.29, 0.717) is 25.0 Å². The van der Waals surface area contributed by atoms with Gasteiger partial charge in [0.2, 0.25) is 0 Å². The summed E-state index contributed by atoms with van der Waals surface area (Å²) in [5.41, 5.74) is 2.02. The second kappa shape index (κ2) is 9.41. The van der Waals surface area contributed by atoms with E-state index in [-0.39, 0.29) is 0 Å². The maximum Gasteiger partial charge on any atom is 0.191 e. The molecule has 2 aromatic rings. The number of nitrogens with zero attached hydrogens (tertiary/aromatic N) is 4. The maximum atomic E-state index is 5.43. The van der Waals surface area contributed by atoms with Gasteiger partial charge in [-0.1, -0.05) is 19.0 Å². The van der Waals surface area contributed by atoms with Crippen molar-refractivity contribution in [2.75, 3.05) is 26.0 Å². The summed E-state index contributed by atoms with van der Waals surface area (Å²) in [4.78, 5) is 10.8. The van der Waals surface area contributed by atoms with Crippen LogP contribution in [0.4, 0.5) is 5.13 Å². The smallest absolute Gasteiger partial charge is 0.191 e. The Morgan fingerprint density at radius 2 is 2.00 bits per heavy atom. The zero-order chi connectivity index (χ0) is 18.2. The van der Waals surface area contributed by atoms with E-state index in [9.17, 15) is 0 Å². The van der Waals surface area contributed by atoms with E-state index in [1.165, 1.54) is 0 Å². The molecule has 2 rings (SSSR count). The van der Waals surface area contributed by atoms with Gasteiger partial charge < -0.3 is 20.1 Å². The van der Waals surface area contributed by atoms with Crippen molar-refractivity contribution in [3.05, 3.63) is 28.6 Å². The summed E-state index contributed by atoms with van der Waals surface area (Å²) in [5.74, 6) is 1.98. The Bertz CT molecular complexity index is 674. The molecule has 2 N–H and O–H groups in total. The van der Waals surface area contributed by atoms with Gasteiger partial charge in [0.25, 0.3) is 0 Å². The molecule has 0 spiro atoms.